The van der Waals surface area contributed by atoms with E-state index in [1.165, 1.54) is 24.5 Å². The van der Waals surface area contributed by atoms with E-state index in [9.17, 15) is 8.78 Å². The van der Waals surface area contributed by atoms with Crippen LogP contribution in [0.15, 0.2) is 24.5 Å². The molecule has 0 amide bonds. The fourth-order valence-corrected chi connectivity index (χ4v) is 4.24. The average Bonchev–Trinajstić information content (AvgIpc) is 3.47. The van der Waals surface area contributed by atoms with Crippen LogP contribution in [0.25, 0.3) is 16.9 Å². The molecule has 8 nitrogen and oxygen atoms in total. The van der Waals surface area contributed by atoms with Crippen molar-refractivity contribution in [2.45, 2.75) is 45.1 Å². The van der Waals surface area contributed by atoms with Gasteiger partial charge >= 0.3 is 0 Å². The van der Waals surface area contributed by atoms with E-state index in [2.05, 4.69) is 25.3 Å². The zero-order valence-corrected chi connectivity index (χ0v) is 17.2. The monoisotopic (exact) mass is 425 g/mol. The Hall–Kier alpha value is -3.43. The maximum atomic E-state index is 14.6. The number of hydrogen-bond donors (Lipinski definition) is 0. The van der Waals surface area contributed by atoms with Gasteiger partial charge in [-0.15, -0.1) is 10.2 Å². The van der Waals surface area contributed by atoms with Crippen molar-refractivity contribution in [3.63, 3.8) is 0 Å². The summed E-state index contributed by atoms with van der Waals surface area (Å²) in [7, 11) is 1.78. The molecule has 5 rings (SSSR count). The van der Waals surface area contributed by atoms with Gasteiger partial charge in [0.15, 0.2) is 11.5 Å². The summed E-state index contributed by atoms with van der Waals surface area (Å²) in [6.45, 7) is 1.97. The molecule has 0 radical (unpaired) electrons. The molecule has 0 atom stereocenters. The van der Waals surface area contributed by atoms with Gasteiger partial charge in [-0.25, -0.2) is 13.8 Å². The molecule has 31 heavy (non-hydrogen) atoms. The van der Waals surface area contributed by atoms with Gasteiger partial charge in [-0.2, -0.15) is 10.1 Å². The Morgan fingerprint density at radius 1 is 1.13 bits per heavy atom. The minimum Gasteiger partial charge on any atom is -0.468 e. The van der Waals surface area contributed by atoms with Crippen molar-refractivity contribution in [3.05, 3.63) is 53.5 Å². The lowest BCUT2D eigenvalue weighted by Crippen LogP contribution is -2.09. The molecule has 160 valence electrons. The van der Waals surface area contributed by atoms with Crippen molar-refractivity contribution >= 4 is 5.65 Å². The summed E-state index contributed by atoms with van der Waals surface area (Å²) in [4.78, 5) is 8.84. The summed E-state index contributed by atoms with van der Waals surface area (Å²) in [6, 6.07) is 3.71. The first kappa shape index (κ1) is 19.5. The Labute approximate surface area is 176 Å². The van der Waals surface area contributed by atoms with E-state index in [1.54, 1.807) is 18.7 Å². The summed E-state index contributed by atoms with van der Waals surface area (Å²) < 4.78 is 38.6. The number of nitrogens with zero attached hydrogens (tertiary/aromatic N) is 7. The van der Waals surface area contributed by atoms with Crippen LogP contribution < -0.4 is 4.74 Å². The lowest BCUT2D eigenvalue weighted by Gasteiger charge is -2.13. The van der Waals surface area contributed by atoms with Gasteiger partial charge in [0.05, 0.1) is 11.3 Å². The Balaban J connectivity index is 1.70. The van der Waals surface area contributed by atoms with E-state index in [0.717, 1.165) is 31.4 Å². The Bertz CT molecular complexity index is 1240. The number of aryl methyl sites for hydroxylation is 2. The third kappa shape index (κ3) is 3.31. The molecule has 0 spiro atoms. The van der Waals surface area contributed by atoms with Crippen LogP contribution >= 0.6 is 0 Å². The first-order valence-corrected chi connectivity index (χ1v) is 10.2. The molecule has 3 aromatic heterocycles. The average molecular weight is 425 g/mol. The SMILES string of the molecule is Cc1nnc(-c2c(F)cccc2F)c2nc(OCc3ncnn3C)c(C3CCCC3)n12. The van der Waals surface area contributed by atoms with Crippen LogP contribution in [0.2, 0.25) is 0 Å². The largest absolute Gasteiger partial charge is 0.468 e. The molecule has 0 bridgehead atoms. The number of halogens is 2. The van der Waals surface area contributed by atoms with E-state index in [0.29, 0.717) is 23.2 Å². The molecule has 1 saturated carbocycles. The van der Waals surface area contributed by atoms with Crippen LogP contribution in [0, 0.1) is 18.6 Å². The Morgan fingerprint density at radius 2 is 1.87 bits per heavy atom. The molecule has 1 aliphatic rings. The highest BCUT2D eigenvalue weighted by Gasteiger charge is 2.30. The lowest BCUT2D eigenvalue weighted by molar-refractivity contribution is 0.275. The standard InChI is InChI=1S/C21H21F2N7O/c1-12-27-28-18(17-14(22)8-5-9-15(17)23)20-26-21(31-10-16-24-11-25-29(16)2)19(30(12)20)13-6-3-4-7-13/h5,8-9,11,13H,3-4,6-7,10H2,1-2H3. The molecule has 1 aromatic carbocycles. The number of rotatable bonds is 5. The predicted molar refractivity (Wildman–Crippen MR) is 107 cm³/mol. The first-order valence-electron chi connectivity index (χ1n) is 10.2. The molecule has 3 heterocycles. The van der Waals surface area contributed by atoms with E-state index in [-0.39, 0.29) is 23.8 Å². The van der Waals surface area contributed by atoms with Gasteiger partial charge in [0.1, 0.15) is 36.1 Å². The predicted octanol–water partition coefficient (Wildman–Crippen LogP) is 3.74. The molecule has 1 aliphatic carbocycles. The lowest BCUT2D eigenvalue weighted by atomic mass is 10.0. The quantitative estimate of drug-likeness (QED) is 0.484. The van der Waals surface area contributed by atoms with Gasteiger partial charge in [-0.05, 0) is 31.9 Å². The molecule has 0 unspecified atom stereocenters. The fourth-order valence-electron chi connectivity index (χ4n) is 4.24. The zero-order valence-electron chi connectivity index (χ0n) is 17.2. The summed E-state index contributed by atoms with van der Waals surface area (Å²) in [5.74, 6) is 0.414. The second-order valence-electron chi connectivity index (χ2n) is 7.72. The summed E-state index contributed by atoms with van der Waals surface area (Å²) in [5.41, 5.74) is 0.989. The van der Waals surface area contributed by atoms with Crippen molar-refractivity contribution in [1.29, 1.82) is 0 Å². The van der Waals surface area contributed by atoms with Crippen molar-refractivity contribution in [1.82, 2.24) is 34.3 Å². The fraction of sp³-hybridized carbons (Fsp3) is 0.381. The van der Waals surface area contributed by atoms with Crippen molar-refractivity contribution in [3.8, 4) is 17.1 Å². The molecule has 4 aromatic rings. The smallest absolute Gasteiger partial charge is 0.236 e. The van der Waals surface area contributed by atoms with Gasteiger partial charge in [-0.1, -0.05) is 18.9 Å². The third-order valence-electron chi connectivity index (χ3n) is 5.79. The highest BCUT2D eigenvalue weighted by molar-refractivity contribution is 5.75. The summed E-state index contributed by atoms with van der Waals surface area (Å²) in [6.07, 6.45) is 5.63. The normalized spacial score (nSPS) is 14.6. The molecule has 0 saturated heterocycles. The van der Waals surface area contributed by atoms with E-state index in [4.69, 9.17) is 4.74 Å². The number of aromatic nitrogens is 7. The van der Waals surface area contributed by atoms with Crippen LogP contribution in [0.1, 0.15) is 48.9 Å². The van der Waals surface area contributed by atoms with Gasteiger partial charge in [-0.3, -0.25) is 9.08 Å². The molecular formula is C21H21F2N7O. The number of imidazole rings is 1. The Kier molecular flexibility index (Phi) is 4.84. The molecule has 10 heteroatoms. The number of benzene rings is 1. The number of hydrogen-bond acceptors (Lipinski definition) is 6. The first-order chi connectivity index (χ1) is 15.0. The maximum absolute atomic E-state index is 14.6. The minimum absolute atomic E-state index is 0.0500. The molecule has 0 aliphatic heterocycles. The van der Waals surface area contributed by atoms with Crippen molar-refractivity contribution < 1.29 is 13.5 Å². The van der Waals surface area contributed by atoms with E-state index in [1.807, 2.05) is 4.40 Å². The topological polar surface area (TPSA) is 83.0 Å². The number of ether oxygens (including phenoxy) is 1. The second kappa shape index (κ2) is 7.68. The Morgan fingerprint density at radius 3 is 2.55 bits per heavy atom. The van der Waals surface area contributed by atoms with Gasteiger partial charge in [0, 0.05) is 13.0 Å². The van der Waals surface area contributed by atoms with Crippen molar-refractivity contribution in [2.75, 3.05) is 0 Å². The molecule has 1 fully saturated rings. The molecule has 0 N–H and O–H groups in total. The summed E-state index contributed by atoms with van der Waals surface area (Å²) >= 11 is 0. The van der Waals surface area contributed by atoms with Crippen LogP contribution in [-0.4, -0.2) is 34.3 Å². The van der Waals surface area contributed by atoms with Crippen LogP contribution in [0.3, 0.4) is 0 Å². The highest BCUT2D eigenvalue weighted by atomic mass is 19.1. The van der Waals surface area contributed by atoms with Crippen LogP contribution in [-0.2, 0) is 13.7 Å². The number of fused-ring (bicyclic) bond motifs is 1. The summed E-state index contributed by atoms with van der Waals surface area (Å²) in [5, 5.41) is 12.4. The van der Waals surface area contributed by atoms with Crippen molar-refractivity contribution in [2.24, 2.45) is 7.05 Å². The second-order valence-corrected chi connectivity index (χ2v) is 7.72. The minimum atomic E-state index is -0.716. The van der Waals surface area contributed by atoms with Gasteiger partial charge in [0.25, 0.3) is 0 Å². The molecular weight excluding hydrogens is 404 g/mol. The third-order valence-corrected chi connectivity index (χ3v) is 5.79. The maximum Gasteiger partial charge on any atom is 0.236 e. The van der Waals surface area contributed by atoms with Gasteiger partial charge < -0.3 is 4.74 Å². The van der Waals surface area contributed by atoms with Crippen LogP contribution in [0.4, 0.5) is 8.78 Å². The highest BCUT2D eigenvalue weighted by Crippen LogP contribution is 2.41. The van der Waals surface area contributed by atoms with E-state index >= 15 is 0 Å². The van der Waals surface area contributed by atoms with E-state index < -0.39 is 11.6 Å². The van der Waals surface area contributed by atoms with Gasteiger partial charge in [0.2, 0.25) is 5.88 Å². The zero-order chi connectivity index (χ0) is 21.5. The van der Waals surface area contributed by atoms with Crippen LogP contribution in [0.5, 0.6) is 5.88 Å².